The highest BCUT2D eigenvalue weighted by molar-refractivity contribution is 7.20. The summed E-state index contributed by atoms with van der Waals surface area (Å²) in [6.07, 6.45) is 0. The quantitative estimate of drug-likeness (QED) is 0.732. The Labute approximate surface area is 141 Å². The van der Waals surface area contributed by atoms with Crippen LogP contribution < -0.4 is 5.73 Å². The van der Waals surface area contributed by atoms with Crippen LogP contribution in [-0.2, 0) is 4.74 Å². The number of rotatable bonds is 4. The Morgan fingerprint density at radius 2 is 2.04 bits per heavy atom. The van der Waals surface area contributed by atoms with Gasteiger partial charge in [-0.1, -0.05) is 18.7 Å². The van der Waals surface area contributed by atoms with E-state index in [2.05, 4.69) is 16.5 Å². The molecule has 3 rings (SSSR count). The van der Waals surface area contributed by atoms with Gasteiger partial charge >= 0.3 is 5.97 Å². The third-order valence-electron chi connectivity index (χ3n) is 3.37. The highest BCUT2D eigenvalue weighted by atomic mass is 32.1. The number of carbonyl (C=O) groups is 1. The fourth-order valence-electron chi connectivity index (χ4n) is 2.26. The van der Waals surface area contributed by atoms with Gasteiger partial charge in [-0.15, -0.1) is 11.3 Å². The van der Waals surface area contributed by atoms with Gasteiger partial charge in [-0.2, -0.15) is 0 Å². The number of benzene rings is 1. The Balaban J connectivity index is 2.11. The molecule has 0 amide bonds. The molecule has 0 bridgehead atoms. The van der Waals surface area contributed by atoms with Crippen LogP contribution in [0.3, 0.4) is 0 Å². The molecular weight excluding hydrogens is 329 g/mol. The number of anilines is 1. The summed E-state index contributed by atoms with van der Waals surface area (Å²) in [6, 6.07) is 7.59. The van der Waals surface area contributed by atoms with Gasteiger partial charge in [-0.05, 0) is 30.7 Å². The molecule has 24 heavy (non-hydrogen) atoms. The van der Waals surface area contributed by atoms with Crippen LogP contribution in [0.15, 0.2) is 36.9 Å². The van der Waals surface area contributed by atoms with E-state index in [0.717, 1.165) is 0 Å². The summed E-state index contributed by atoms with van der Waals surface area (Å²) in [4.78, 5) is 21.3. The summed E-state index contributed by atoms with van der Waals surface area (Å²) in [7, 11) is 0. The molecule has 0 aliphatic heterocycles. The van der Waals surface area contributed by atoms with E-state index in [9.17, 15) is 9.18 Å². The highest BCUT2D eigenvalue weighted by Crippen LogP contribution is 2.32. The summed E-state index contributed by atoms with van der Waals surface area (Å²) in [5, 5.41) is 0.659. The van der Waals surface area contributed by atoms with Crippen molar-refractivity contribution in [2.45, 2.75) is 6.92 Å². The smallest absolute Gasteiger partial charge is 0.348 e. The minimum atomic E-state index is -0.419. The molecule has 2 aromatic heterocycles. The van der Waals surface area contributed by atoms with Crippen molar-refractivity contribution in [3.8, 4) is 0 Å². The molecule has 0 aliphatic carbocycles. The van der Waals surface area contributed by atoms with Crippen LogP contribution in [0.5, 0.6) is 0 Å². The van der Waals surface area contributed by atoms with Crippen molar-refractivity contribution in [3.05, 3.63) is 58.9 Å². The van der Waals surface area contributed by atoms with E-state index in [-0.39, 0.29) is 18.4 Å². The normalized spacial score (nSPS) is 10.8. The first kappa shape index (κ1) is 16.1. The van der Waals surface area contributed by atoms with Crippen LogP contribution in [0.1, 0.15) is 27.9 Å². The van der Waals surface area contributed by atoms with E-state index in [4.69, 9.17) is 10.5 Å². The summed E-state index contributed by atoms with van der Waals surface area (Å²) in [5.41, 5.74) is 7.57. The molecule has 0 saturated carbocycles. The molecule has 0 unspecified atom stereocenters. The lowest BCUT2D eigenvalue weighted by molar-refractivity contribution is 0.0532. The predicted octanol–water partition coefficient (Wildman–Crippen LogP) is 3.65. The Bertz CT molecular complexity index is 935. The minimum absolute atomic E-state index is 0.0815. The van der Waals surface area contributed by atoms with Gasteiger partial charge in [0.15, 0.2) is 0 Å². The van der Waals surface area contributed by atoms with Crippen LogP contribution in [0.25, 0.3) is 15.8 Å². The summed E-state index contributed by atoms with van der Waals surface area (Å²) in [5.74, 6) is -0.672. The monoisotopic (exact) mass is 343 g/mol. The Morgan fingerprint density at radius 1 is 1.33 bits per heavy atom. The van der Waals surface area contributed by atoms with Crippen LogP contribution in [0.2, 0.25) is 0 Å². The first-order chi connectivity index (χ1) is 11.5. The minimum Gasteiger partial charge on any atom is -0.462 e. The number of hydrogen-bond donors (Lipinski definition) is 1. The molecule has 0 saturated heterocycles. The number of ether oxygens (including phenoxy) is 1. The zero-order valence-corrected chi connectivity index (χ0v) is 13.7. The van der Waals surface area contributed by atoms with Crippen molar-refractivity contribution in [2.75, 3.05) is 12.3 Å². The van der Waals surface area contributed by atoms with Gasteiger partial charge in [0.1, 0.15) is 15.5 Å². The first-order valence-corrected chi connectivity index (χ1v) is 8.00. The Morgan fingerprint density at radius 3 is 2.71 bits per heavy atom. The van der Waals surface area contributed by atoms with Crippen molar-refractivity contribution < 1.29 is 13.9 Å². The lowest BCUT2D eigenvalue weighted by atomic mass is 10.0. The standard InChI is InChI=1S/C17H14FN3O2S/c1-3-23-16(22)13-8-12-14(20-17(19)21-15(12)24-13)9(2)10-4-6-11(18)7-5-10/h4-8H,2-3H2,1H3,(H2,19,20,21). The van der Waals surface area contributed by atoms with E-state index >= 15 is 0 Å². The summed E-state index contributed by atoms with van der Waals surface area (Å²) >= 11 is 1.18. The molecule has 0 aliphatic rings. The second-order valence-corrected chi connectivity index (χ2v) is 6.00. The fourth-order valence-corrected chi connectivity index (χ4v) is 3.19. The molecule has 0 fully saturated rings. The molecule has 122 valence electrons. The maximum absolute atomic E-state index is 13.1. The second kappa shape index (κ2) is 6.37. The Kier molecular flexibility index (Phi) is 4.26. The fraction of sp³-hybridized carbons (Fsp3) is 0.118. The third-order valence-corrected chi connectivity index (χ3v) is 4.37. The van der Waals surface area contributed by atoms with E-state index in [1.54, 1.807) is 25.1 Å². The van der Waals surface area contributed by atoms with Crippen molar-refractivity contribution in [1.82, 2.24) is 9.97 Å². The van der Waals surface area contributed by atoms with Crippen molar-refractivity contribution in [3.63, 3.8) is 0 Å². The molecule has 1 aromatic carbocycles. The summed E-state index contributed by atoms with van der Waals surface area (Å²) < 4.78 is 18.1. The van der Waals surface area contributed by atoms with Crippen molar-refractivity contribution >= 4 is 39.0 Å². The number of fused-ring (bicyclic) bond motifs is 1. The molecule has 2 heterocycles. The molecule has 5 nitrogen and oxygen atoms in total. The topological polar surface area (TPSA) is 78.1 Å². The highest BCUT2D eigenvalue weighted by Gasteiger charge is 2.18. The average molecular weight is 343 g/mol. The average Bonchev–Trinajstić information content (AvgIpc) is 2.98. The Hall–Kier alpha value is -2.80. The number of nitrogen functional groups attached to an aromatic ring is 1. The first-order valence-electron chi connectivity index (χ1n) is 7.19. The zero-order valence-electron chi connectivity index (χ0n) is 12.9. The number of aromatic nitrogens is 2. The number of carbonyl (C=O) groups excluding carboxylic acids is 1. The molecule has 0 spiro atoms. The maximum atomic E-state index is 13.1. The lowest BCUT2D eigenvalue weighted by Gasteiger charge is -2.07. The summed E-state index contributed by atoms with van der Waals surface area (Å²) in [6.45, 7) is 6.06. The van der Waals surface area contributed by atoms with Gasteiger partial charge < -0.3 is 10.5 Å². The van der Waals surface area contributed by atoms with Crippen molar-refractivity contribution in [1.29, 1.82) is 0 Å². The number of thiophene rings is 1. The maximum Gasteiger partial charge on any atom is 0.348 e. The lowest BCUT2D eigenvalue weighted by Crippen LogP contribution is -2.01. The third kappa shape index (κ3) is 2.98. The van der Waals surface area contributed by atoms with Crippen molar-refractivity contribution in [2.24, 2.45) is 0 Å². The number of halogens is 1. The predicted molar refractivity (Wildman–Crippen MR) is 92.3 cm³/mol. The molecule has 7 heteroatoms. The largest absolute Gasteiger partial charge is 0.462 e. The SMILES string of the molecule is C=C(c1ccc(F)cc1)c1nc(N)nc2sc(C(=O)OCC)cc12. The van der Waals surface area contributed by atoms with Gasteiger partial charge in [0.25, 0.3) is 0 Å². The van der Waals surface area contributed by atoms with Crippen LogP contribution in [-0.4, -0.2) is 22.5 Å². The van der Waals surface area contributed by atoms with Gasteiger partial charge in [0.05, 0.1) is 12.3 Å². The van der Waals surface area contributed by atoms with Crippen LogP contribution in [0, 0.1) is 5.82 Å². The van der Waals surface area contributed by atoms with E-state index < -0.39 is 5.97 Å². The molecule has 3 aromatic rings. The van der Waals surface area contributed by atoms with Gasteiger partial charge in [-0.25, -0.2) is 19.2 Å². The van der Waals surface area contributed by atoms with E-state index in [1.165, 1.54) is 23.5 Å². The van der Waals surface area contributed by atoms with Gasteiger partial charge in [0, 0.05) is 11.0 Å². The van der Waals surface area contributed by atoms with E-state index in [1.807, 2.05) is 0 Å². The molecule has 2 N–H and O–H groups in total. The number of esters is 1. The van der Waals surface area contributed by atoms with Crippen LogP contribution in [0.4, 0.5) is 10.3 Å². The number of nitrogens with two attached hydrogens (primary N) is 1. The zero-order chi connectivity index (χ0) is 17.3. The molecule has 0 radical (unpaired) electrons. The van der Waals surface area contributed by atoms with Gasteiger partial charge in [-0.3, -0.25) is 0 Å². The van der Waals surface area contributed by atoms with Crippen LogP contribution >= 0.6 is 11.3 Å². The van der Waals surface area contributed by atoms with Gasteiger partial charge in [0.2, 0.25) is 5.95 Å². The number of nitrogens with zero attached hydrogens (tertiary/aromatic N) is 2. The molecular formula is C17H14FN3O2S. The number of hydrogen-bond acceptors (Lipinski definition) is 6. The second-order valence-electron chi connectivity index (χ2n) is 4.97. The van der Waals surface area contributed by atoms with E-state index in [0.29, 0.717) is 31.9 Å². The molecule has 0 atom stereocenters.